The summed E-state index contributed by atoms with van der Waals surface area (Å²) in [6.07, 6.45) is 2.63. The van der Waals surface area contributed by atoms with E-state index in [4.69, 9.17) is 9.47 Å². The molecule has 0 aromatic carbocycles. The molecule has 0 unspecified atom stereocenters. The first-order valence-electron chi connectivity index (χ1n) is 5.09. The van der Waals surface area contributed by atoms with Crippen LogP contribution in [0, 0.1) is 0 Å². The third-order valence-electron chi connectivity index (χ3n) is 2.20. The zero-order valence-corrected chi connectivity index (χ0v) is 10.7. The molecule has 17 heavy (non-hydrogen) atoms. The van der Waals surface area contributed by atoms with E-state index < -0.39 is 10.0 Å². The van der Waals surface area contributed by atoms with Crippen LogP contribution in [0.5, 0.6) is 0 Å². The van der Waals surface area contributed by atoms with E-state index >= 15 is 0 Å². The van der Waals surface area contributed by atoms with Gasteiger partial charge < -0.3 is 9.47 Å². The van der Waals surface area contributed by atoms with Crippen LogP contribution >= 0.6 is 0 Å². The molecule has 1 rings (SSSR count). The Labute approximate surface area is 101 Å². The van der Waals surface area contributed by atoms with Crippen molar-refractivity contribution >= 4 is 10.0 Å². The number of H-pyrrole nitrogens is 1. The predicted molar refractivity (Wildman–Crippen MR) is 61.1 cm³/mol. The Morgan fingerprint density at radius 3 is 2.29 bits per heavy atom. The minimum absolute atomic E-state index is 0.143. The molecule has 1 aromatic rings. The summed E-state index contributed by atoms with van der Waals surface area (Å²) in [6, 6.07) is 0. The van der Waals surface area contributed by atoms with Crippen LogP contribution in [-0.4, -0.2) is 63.4 Å². The molecule has 7 nitrogen and oxygen atoms in total. The zero-order chi connectivity index (χ0) is 12.7. The van der Waals surface area contributed by atoms with Crippen molar-refractivity contribution in [2.45, 2.75) is 4.90 Å². The normalized spacial score (nSPS) is 12.2. The molecule has 0 radical (unpaired) electrons. The molecule has 0 saturated heterocycles. The van der Waals surface area contributed by atoms with E-state index in [9.17, 15) is 8.42 Å². The summed E-state index contributed by atoms with van der Waals surface area (Å²) >= 11 is 0. The number of hydrogen-bond acceptors (Lipinski definition) is 5. The van der Waals surface area contributed by atoms with Gasteiger partial charge >= 0.3 is 0 Å². The summed E-state index contributed by atoms with van der Waals surface area (Å²) in [4.78, 5) is 0.143. The number of sulfonamides is 1. The Morgan fingerprint density at radius 2 is 1.88 bits per heavy atom. The largest absolute Gasteiger partial charge is 0.383 e. The monoisotopic (exact) mass is 263 g/mol. The van der Waals surface area contributed by atoms with E-state index in [-0.39, 0.29) is 18.0 Å². The van der Waals surface area contributed by atoms with Crippen molar-refractivity contribution in [2.24, 2.45) is 0 Å². The maximum atomic E-state index is 12.2. The highest BCUT2D eigenvalue weighted by Gasteiger charge is 2.24. The van der Waals surface area contributed by atoms with Crippen LogP contribution in [0.4, 0.5) is 0 Å². The number of ether oxygens (including phenoxy) is 2. The van der Waals surface area contributed by atoms with Crippen molar-refractivity contribution in [3.63, 3.8) is 0 Å². The molecule has 0 spiro atoms. The van der Waals surface area contributed by atoms with Gasteiger partial charge in [-0.15, -0.1) is 0 Å². The second kappa shape index (κ2) is 6.70. The Kier molecular flexibility index (Phi) is 5.56. The predicted octanol–water partition coefficient (Wildman–Crippen LogP) is -0.307. The lowest BCUT2D eigenvalue weighted by atomic mass is 10.6. The fraction of sp³-hybridized carbons (Fsp3) is 0.667. The van der Waals surface area contributed by atoms with Crippen LogP contribution in [0.3, 0.4) is 0 Å². The van der Waals surface area contributed by atoms with Crippen molar-refractivity contribution in [3.05, 3.63) is 12.4 Å². The quantitative estimate of drug-likeness (QED) is 0.695. The number of nitrogens with zero attached hydrogens (tertiary/aromatic N) is 2. The number of rotatable bonds is 8. The van der Waals surface area contributed by atoms with Gasteiger partial charge in [-0.1, -0.05) is 0 Å². The van der Waals surface area contributed by atoms with Crippen LogP contribution in [0.15, 0.2) is 17.3 Å². The third-order valence-corrected chi connectivity index (χ3v) is 4.06. The average Bonchev–Trinajstić information content (AvgIpc) is 2.83. The van der Waals surface area contributed by atoms with Crippen LogP contribution in [0.25, 0.3) is 0 Å². The molecule has 0 atom stereocenters. The SMILES string of the molecule is COCCN(CCOC)S(=O)(=O)c1cn[nH]c1. The van der Waals surface area contributed by atoms with Gasteiger partial charge in [-0.05, 0) is 0 Å². The molecule has 0 fully saturated rings. The molecular formula is C9H17N3O4S. The van der Waals surface area contributed by atoms with Crippen molar-refractivity contribution < 1.29 is 17.9 Å². The van der Waals surface area contributed by atoms with Crippen LogP contribution in [0.2, 0.25) is 0 Å². The molecule has 8 heteroatoms. The topological polar surface area (TPSA) is 84.5 Å². The fourth-order valence-corrected chi connectivity index (χ4v) is 2.58. The first-order valence-corrected chi connectivity index (χ1v) is 6.53. The second-order valence-corrected chi connectivity index (χ2v) is 5.26. The molecular weight excluding hydrogens is 246 g/mol. The number of nitrogens with one attached hydrogen (secondary N) is 1. The highest BCUT2D eigenvalue weighted by molar-refractivity contribution is 7.89. The van der Waals surface area contributed by atoms with Gasteiger partial charge in [0.05, 0.1) is 19.4 Å². The van der Waals surface area contributed by atoms with E-state index in [0.29, 0.717) is 13.2 Å². The summed E-state index contributed by atoms with van der Waals surface area (Å²) in [6.45, 7) is 1.24. The average molecular weight is 263 g/mol. The minimum atomic E-state index is -3.52. The Hall–Kier alpha value is -0.960. The van der Waals surface area contributed by atoms with E-state index in [0.717, 1.165) is 0 Å². The van der Waals surface area contributed by atoms with Crippen molar-refractivity contribution in [1.82, 2.24) is 14.5 Å². The first-order chi connectivity index (χ1) is 8.12. The van der Waals surface area contributed by atoms with Crippen molar-refractivity contribution in [1.29, 1.82) is 0 Å². The van der Waals surface area contributed by atoms with Gasteiger partial charge in [-0.25, -0.2) is 8.42 Å². The summed E-state index contributed by atoms with van der Waals surface area (Å²) in [7, 11) is -0.469. The molecule has 0 bridgehead atoms. The molecule has 1 heterocycles. The van der Waals surface area contributed by atoms with Crippen LogP contribution < -0.4 is 0 Å². The number of aromatic nitrogens is 2. The third kappa shape index (κ3) is 3.77. The number of aromatic amines is 1. The fourth-order valence-electron chi connectivity index (χ4n) is 1.27. The standard InChI is InChI=1S/C9H17N3O4S/c1-15-5-3-12(4-6-16-2)17(13,14)9-7-10-11-8-9/h7-8H,3-6H2,1-2H3,(H,10,11). The van der Waals surface area contributed by atoms with Crippen LogP contribution in [0.1, 0.15) is 0 Å². The molecule has 0 amide bonds. The summed E-state index contributed by atoms with van der Waals surface area (Å²) in [5.41, 5.74) is 0. The van der Waals surface area contributed by atoms with Gasteiger partial charge in [0, 0.05) is 33.5 Å². The minimum Gasteiger partial charge on any atom is -0.383 e. The Balaban J connectivity index is 2.80. The van der Waals surface area contributed by atoms with Gasteiger partial charge in [-0.2, -0.15) is 9.40 Å². The number of methoxy groups -OCH3 is 2. The lowest BCUT2D eigenvalue weighted by Crippen LogP contribution is -2.36. The Bertz CT molecular complexity index is 396. The highest BCUT2D eigenvalue weighted by Crippen LogP contribution is 2.12. The van der Waals surface area contributed by atoms with Crippen molar-refractivity contribution in [3.8, 4) is 0 Å². The van der Waals surface area contributed by atoms with E-state index in [2.05, 4.69) is 10.2 Å². The lowest BCUT2D eigenvalue weighted by molar-refractivity contribution is 0.150. The van der Waals surface area contributed by atoms with Gasteiger partial charge in [-0.3, -0.25) is 5.10 Å². The smallest absolute Gasteiger partial charge is 0.246 e. The van der Waals surface area contributed by atoms with E-state index in [1.807, 2.05) is 0 Å². The molecule has 1 aromatic heterocycles. The van der Waals surface area contributed by atoms with Gasteiger partial charge in [0.2, 0.25) is 10.0 Å². The number of hydrogen-bond donors (Lipinski definition) is 1. The molecule has 0 aliphatic heterocycles. The molecule has 98 valence electrons. The molecule has 0 aliphatic rings. The zero-order valence-electron chi connectivity index (χ0n) is 9.92. The van der Waals surface area contributed by atoms with Crippen LogP contribution in [-0.2, 0) is 19.5 Å². The maximum absolute atomic E-state index is 12.2. The van der Waals surface area contributed by atoms with Gasteiger partial charge in [0.15, 0.2) is 0 Å². The molecule has 0 saturated carbocycles. The second-order valence-electron chi connectivity index (χ2n) is 3.32. The van der Waals surface area contributed by atoms with Gasteiger partial charge in [0.1, 0.15) is 4.90 Å². The summed E-state index contributed by atoms with van der Waals surface area (Å²) in [5.74, 6) is 0. The maximum Gasteiger partial charge on any atom is 0.246 e. The molecule has 0 aliphatic carbocycles. The first kappa shape index (κ1) is 14.1. The van der Waals surface area contributed by atoms with Crippen molar-refractivity contribution in [2.75, 3.05) is 40.5 Å². The highest BCUT2D eigenvalue weighted by atomic mass is 32.2. The molecule has 1 N–H and O–H groups in total. The van der Waals surface area contributed by atoms with E-state index in [1.165, 1.54) is 30.9 Å². The Morgan fingerprint density at radius 1 is 1.29 bits per heavy atom. The van der Waals surface area contributed by atoms with Gasteiger partial charge in [0.25, 0.3) is 0 Å². The summed E-state index contributed by atoms with van der Waals surface area (Å²) in [5, 5.41) is 6.12. The van der Waals surface area contributed by atoms with E-state index in [1.54, 1.807) is 0 Å². The lowest BCUT2D eigenvalue weighted by Gasteiger charge is -2.20. The summed E-state index contributed by atoms with van der Waals surface area (Å²) < 4.78 is 35.4.